The average Bonchev–Trinajstić information content (AvgIpc) is 2.83. The molecule has 5 nitrogen and oxygen atoms in total. The van der Waals surface area contributed by atoms with Crippen LogP contribution in [0.15, 0.2) is 48.5 Å². The Bertz CT molecular complexity index is 787. The van der Waals surface area contributed by atoms with Gasteiger partial charge in [0.25, 0.3) is 0 Å². The predicted molar refractivity (Wildman–Crippen MR) is 112 cm³/mol. The maximum absolute atomic E-state index is 12.9. The van der Waals surface area contributed by atoms with Crippen LogP contribution in [0.25, 0.3) is 0 Å². The Hall–Kier alpha value is -2.37. The molecule has 1 heterocycles. The number of hydrogen-bond donors (Lipinski definition) is 1. The molecular formula is C23H30N2O3. The molecule has 1 aliphatic heterocycles. The molecule has 0 saturated heterocycles. The Morgan fingerprint density at radius 1 is 1.11 bits per heavy atom. The molecule has 0 unspecified atom stereocenters. The Morgan fingerprint density at radius 3 is 2.61 bits per heavy atom. The van der Waals surface area contributed by atoms with E-state index in [9.17, 15) is 4.79 Å². The van der Waals surface area contributed by atoms with Crippen molar-refractivity contribution >= 4 is 11.7 Å². The van der Waals surface area contributed by atoms with Gasteiger partial charge in [0, 0.05) is 31.3 Å². The van der Waals surface area contributed by atoms with Crippen LogP contribution in [0, 0.1) is 0 Å². The van der Waals surface area contributed by atoms with Gasteiger partial charge in [-0.2, -0.15) is 0 Å². The lowest BCUT2D eigenvalue weighted by Gasteiger charge is -2.31. The lowest BCUT2D eigenvalue weighted by Crippen LogP contribution is -2.42. The minimum absolute atomic E-state index is 0.0509. The minimum atomic E-state index is -0.0756. The van der Waals surface area contributed by atoms with Crippen LogP contribution in [0.3, 0.4) is 0 Å². The Morgan fingerprint density at radius 2 is 1.86 bits per heavy atom. The number of methoxy groups -OCH3 is 1. The number of rotatable bonds is 6. The second-order valence-corrected chi connectivity index (χ2v) is 7.89. The summed E-state index contributed by atoms with van der Waals surface area (Å²) >= 11 is 0. The van der Waals surface area contributed by atoms with E-state index in [-0.39, 0.29) is 11.4 Å². The summed E-state index contributed by atoms with van der Waals surface area (Å²) in [5.74, 6) is 0. The van der Waals surface area contributed by atoms with Crippen molar-refractivity contribution < 1.29 is 14.3 Å². The molecule has 0 aliphatic carbocycles. The number of nitrogens with one attached hydrogen (secondary N) is 1. The van der Waals surface area contributed by atoms with Crippen molar-refractivity contribution in [1.29, 1.82) is 0 Å². The first kappa shape index (κ1) is 20.4. The van der Waals surface area contributed by atoms with Gasteiger partial charge < -0.3 is 19.7 Å². The summed E-state index contributed by atoms with van der Waals surface area (Å²) in [5.41, 5.74) is 4.46. The number of urea groups is 1. The fraction of sp³-hybridized carbons (Fsp3) is 0.435. The molecule has 2 aromatic rings. The number of hydrogen-bond acceptors (Lipinski definition) is 3. The topological polar surface area (TPSA) is 50.8 Å². The molecular weight excluding hydrogens is 352 g/mol. The van der Waals surface area contributed by atoms with Gasteiger partial charge in [0.2, 0.25) is 0 Å². The summed E-state index contributed by atoms with van der Waals surface area (Å²) in [6, 6.07) is 16.3. The molecule has 150 valence electrons. The molecule has 2 aromatic carbocycles. The molecule has 0 bridgehead atoms. The van der Waals surface area contributed by atoms with Gasteiger partial charge in [-0.3, -0.25) is 0 Å². The lowest BCUT2D eigenvalue weighted by molar-refractivity contribution is 0.0617. The van der Waals surface area contributed by atoms with Crippen LogP contribution < -0.4 is 5.32 Å². The molecule has 2 amide bonds. The van der Waals surface area contributed by atoms with Crippen molar-refractivity contribution in [1.82, 2.24) is 4.90 Å². The van der Waals surface area contributed by atoms with Crippen molar-refractivity contribution in [2.75, 3.05) is 38.7 Å². The largest absolute Gasteiger partial charge is 0.382 e. The standard InChI is InChI=1S/C23H30N2O3/c1-23(2)17-25(13-12-19-6-4-5-7-21(19)23)22(26)24-20-10-8-18(9-11-20)16-28-15-14-27-3/h4-11H,12-17H2,1-3H3,(H,24,26). The number of amides is 2. The van der Waals surface area contributed by atoms with Crippen molar-refractivity contribution in [3.63, 3.8) is 0 Å². The van der Waals surface area contributed by atoms with Crippen LogP contribution in [0.5, 0.6) is 0 Å². The maximum atomic E-state index is 12.9. The highest BCUT2D eigenvalue weighted by molar-refractivity contribution is 5.89. The summed E-state index contributed by atoms with van der Waals surface area (Å²) in [7, 11) is 1.66. The predicted octanol–water partition coefficient (Wildman–Crippen LogP) is 4.22. The molecule has 1 aliphatic rings. The minimum Gasteiger partial charge on any atom is -0.382 e. The second kappa shape index (κ2) is 9.22. The first-order valence-electron chi connectivity index (χ1n) is 9.79. The Balaban J connectivity index is 1.59. The fourth-order valence-electron chi connectivity index (χ4n) is 3.69. The zero-order valence-corrected chi connectivity index (χ0v) is 17.0. The van der Waals surface area contributed by atoms with Gasteiger partial charge in [0.15, 0.2) is 0 Å². The fourth-order valence-corrected chi connectivity index (χ4v) is 3.69. The molecule has 0 aromatic heterocycles. The molecule has 5 heteroatoms. The Labute approximate surface area is 167 Å². The van der Waals surface area contributed by atoms with E-state index in [1.807, 2.05) is 29.2 Å². The van der Waals surface area contributed by atoms with Gasteiger partial charge in [0.1, 0.15) is 0 Å². The second-order valence-electron chi connectivity index (χ2n) is 7.89. The van der Waals surface area contributed by atoms with Crippen LogP contribution in [-0.2, 0) is 27.9 Å². The summed E-state index contributed by atoms with van der Waals surface area (Å²) in [5, 5.41) is 3.03. The number of nitrogens with zero attached hydrogens (tertiary/aromatic N) is 1. The first-order valence-corrected chi connectivity index (χ1v) is 9.79. The average molecular weight is 383 g/mol. The van der Waals surface area contributed by atoms with Crippen LogP contribution in [-0.4, -0.2) is 44.3 Å². The smallest absolute Gasteiger partial charge is 0.321 e. The van der Waals surface area contributed by atoms with E-state index in [1.54, 1.807) is 7.11 Å². The molecule has 28 heavy (non-hydrogen) atoms. The number of fused-ring (bicyclic) bond motifs is 1. The van der Waals surface area contributed by atoms with E-state index in [2.05, 4.69) is 43.4 Å². The number of benzene rings is 2. The molecule has 3 rings (SSSR count). The zero-order valence-electron chi connectivity index (χ0n) is 17.0. The van der Waals surface area contributed by atoms with Gasteiger partial charge in [0.05, 0.1) is 19.8 Å². The van der Waals surface area contributed by atoms with E-state index in [4.69, 9.17) is 9.47 Å². The van der Waals surface area contributed by atoms with E-state index in [0.717, 1.165) is 24.2 Å². The summed E-state index contributed by atoms with van der Waals surface area (Å²) < 4.78 is 10.5. The molecule has 0 radical (unpaired) electrons. The summed E-state index contributed by atoms with van der Waals surface area (Å²) in [6.45, 7) is 7.52. The quantitative estimate of drug-likeness (QED) is 0.761. The van der Waals surface area contributed by atoms with Crippen molar-refractivity contribution in [2.45, 2.75) is 32.3 Å². The van der Waals surface area contributed by atoms with Gasteiger partial charge in [-0.15, -0.1) is 0 Å². The van der Waals surface area contributed by atoms with Gasteiger partial charge in [-0.05, 0) is 35.2 Å². The molecule has 1 N–H and O–H groups in total. The highest BCUT2D eigenvalue weighted by atomic mass is 16.5. The van der Waals surface area contributed by atoms with E-state index >= 15 is 0 Å². The summed E-state index contributed by atoms with van der Waals surface area (Å²) in [4.78, 5) is 14.8. The number of carbonyl (C=O) groups excluding carboxylic acids is 1. The SMILES string of the molecule is COCCOCc1ccc(NC(=O)N2CCc3ccccc3C(C)(C)C2)cc1. The Kier molecular flexibility index (Phi) is 6.70. The number of ether oxygens (including phenoxy) is 2. The maximum Gasteiger partial charge on any atom is 0.321 e. The monoisotopic (exact) mass is 382 g/mol. The van der Waals surface area contributed by atoms with Crippen LogP contribution in [0.2, 0.25) is 0 Å². The van der Waals surface area contributed by atoms with Crippen LogP contribution >= 0.6 is 0 Å². The summed E-state index contributed by atoms with van der Waals surface area (Å²) in [6.07, 6.45) is 0.880. The van der Waals surface area contributed by atoms with E-state index < -0.39 is 0 Å². The van der Waals surface area contributed by atoms with Crippen molar-refractivity contribution in [3.8, 4) is 0 Å². The van der Waals surface area contributed by atoms with Crippen molar-refractivity contribution in [2.24, 2.45) is 0 Å². The lowest BCUT2D eigenvalue weighted by atomic mass is 9.82. The molecule has 0 saturated carbocycles. The highest BCUT2D eigenvalue weighted by Crippen LogP contribution is 2.31. The van der Waals surface area contributed by atoms with E-state index in [1.165, 1.54) is 11.1 Å². The van der Waals surface area contributed by atoms with Crippen LogP contribution in [0.1, 0.15) is 30.5 Å². The highest BCUT2D eigenvalue weighted by Gasteiger charge is 2.31. The number of anilines is 1. The third kappa shape index (κ3) is 5.12. The molecule has 0 atom stereocenters. The third-order valence-corrected chi connectivity index (χ3v) is 5.18. The first-order chi connectivity index (χ1) is 13.5. The number of carbonyl (C=O) groups is 1. The van der Waals surface area contributed by atoms with E-state index in [0.29, 0.717) is 26.4 Å². The van der Waals surface area contributed by atoms with Crippen LogP contribution in [0.4, 0.5) is 10.5 Å². The van der Waals surface area contributed by atoms with Gasteiger partial charge >= 0.3 is 6.03 Å². The zero-order chi connectivity index (χ0) is 20.0. The third-order valence-electron chi connectivity index (χ3n) is 5.18. The van der Waals surface area contributed by atoms with Gasteiger partial charge in [-0.25, -0.2) is 4.79 Å². The molecule has 0 fully saturated rings. The van der Waals surface area contributed by atoms with Crippen molar-refractivity contribution in [3.05, 3.63) is 65.2 Å². The molecule has 0 spiro atoms. The normalized spacial score (nSPS) is 15.6. The van der Waals surface area contributed by atoms with Gasteiger partial charge in [-0.1, -0.05) is 50.2 Å².